The summed E-state index contributed by atoms with van der Waals surface area (Å²) in [6.45, 7) is 2.77. The molecule has 4 heteroatoms. The highest BCUT2D eigenvalue weighted by atomic mass is 16.2. The molecule has 18 heavy (non-hydrogen) atoms. The van der Waals surface area contributed by atoms with Gasteiger partial charge in [0.05, 0.1) is 11.9 Å². The zero-order chi connectivity index (χ0) is 12.5. The van der Waals surface area contributed by atoms with Gasteiger partial charge in [-0.2, -0.15) is 0 Å². The average molecular weight is 245 g/mol. The maximum Gasteiger partial charge on any atom is 0.274 e. The molecule has 1 aromatic heterocycles. The van der Waals surface area contributed by atoms with Crippen LogP contribution in [-0.2, 0) is 0 Å². The molecule has 3 rings (SSSR count). The minimum atomic E-state index is 0.0686. The number of hydrogen-bond acceptors (Lipinski definition) is 3. The van der Waals surface area contributed by atoms with E-state index in [-0.39, 0.29) is 5.91 Å². The molecule has 1 amide bonds. The van der Waals surface area contributed by atoms with E-state index >= 15 is 0 Å². The zero-order valence-corrected chi connectivity index (χ0v) is 10.8. The van der Waals surface area contributed by atoms with Gasteiger partial charge in [0, 0.05) is 18.8 Å². The van der Waals surface area contributed by atoms with Crippen molar-refractivity contribution >= 4 is 5.91 Å². The molecule has 0 bridgehead atoms. The summed E-state index contributed by atoms with van der Waals surface area (Å²) < 4.78 is 0. The van der Waals surface area contributed by atoms with Gasteiger partial charge in [0.2, 0.25) is 0 Å². The normalized spacial score (nSPS) is 27.1. The van der Waals surface area contributed by atoms with Gasteiger partial charge >= 0.3 is 0 Å². The van der Waals surface area contributed by atoms with Gasteiger partial charge in [0.25, 0.3) is 5.91 Å². The molecule has 0 aromatic carbocycles. The molecule has 1 saturated carbocycles. The van der Waals surface area contributed by atoms with Crippen LogP contribution in [0.15, 0.2) is 12.4 Å². The van der Waals surface area contributed by atoms with Crippen LogP contribution in [-0.4, -0.2) is 33.4 Å². The van der Waals surface area contributed by atoms with E-state index in [9.17, 15) is 4.79 Å². The van der Waals surface area contributed by atoms with Crippen molar-refractivity contribution in [2.75, 3.05) is 6.54 Å². The number of piperidine rings is 1. The lowest BCUT2D eigenvalue weighted by molar-refractivity contribution is 0.0542. The van der Waals surface area contributed by atoms with E-state index in [0.717, 1.165) is 31.0 Å². The molecular weight excluding hydrogens is 226 g/mol. The highest BCUT2D eigenvalue weighted by Crippen LogP contribution is 2.37. The molecule has 2 unspecified atom stereocenters. The number of fused-ring (bicyclic) bond motifs is 1. The number of rotatable bonds is 1. The van der Waals surface area contributed by atoms with Crippen molar-refractivity contribution in [3.8, 4) is 0 Å². The quantitative estimate of drug-likeness (QED) is 0.762. The van der Waals surface area contributed by atoms with Crippen molar-refractivity contribution in [2.24, 2.45) is 5.92 Å². The van der Waals surface area contributed by atoms with Gasteiger partial charge in [-0.15, -0.1) is 0 Å². The largest absolute Gasteiger partial charge is 0.334 e. The molecule has 1 saturated heterocycles. The summed E-state index contributed by atoms with van der Waals surface area (Å²) in [5.74, 6) is 0.792. The SMILES string of the molecule is Cc1cnc(C(=O)N2CCCC3CCCC32)cn1. The number of carbonyl (C=O) groups is 1. The predicted octanol–water partition coefficient (Wildman–Crippen LogP) is 2.19. The van der Waals surface area contributed by atoms with Gasteiger partial charge in [-0.05, 0) is 38.5 Å². The van der Waals surface area contributed by atoms with E-state index in [0.29, 0.717) is 11.7 Å². The Balaban J connectivity index is 1.81. The standard InChI is InChI=1S/C14H19N3O/c1-10-8-16-12(9-15-10)14(18)17-7-3-5-11-4-2-6-13(11)17/h8-9,11,13H,2-7H2,1H3. The summed E-state index contributed by atoms with van der Waals surface area (Å²) in [7, 11) is 0. The Kier molecular flexibility index (Phi) is 3.02. The fourth-order valence-electron chi connectivity index (χ4n) is 3.36. The number of amides is 1. The summed E-state index contributed by atoms with van der Waals surface area (Å²) in [6.07, 6.45) is 9.40. The van der Waals surface area contributed by atoms with Crippen LogP contribution in [0.1, 0.15) is 48.3 Å². The third-order valence-corrected chi connectivity index (χ3v) is 4.25. The average Bonchev–Trinajstić information content (AvgIpc) is 2.87. The number of likely N-dealkylation sites (tertiary alicyclic amines) is 1. The molecule has 0 N–H and O–H groups in total. The molecule has 4 nitrogen and oxygen atoms in total. The van der Waals surface area contributed by atoms with Gasteiger partial charge in [-0.3, -0.25) is 9.78 Å². The summed E-state index contributed by atoms with van der Waals surface area (Å²) in [6, 6.07) is 0.453. The van der Waals surface area contributed by atoms with E-state index in [1.54, 1.807) is 12.4 Å². The smallest absolute Gasteiger partial charge is 0.274 e. The number of aromatic nitrogens is 2. The van der Waals surface area contributed by atoms with E-state index < -0.39 is 0 Å². The molecule has 1 aliphatic carbocycles. The van der Waals surface area contributed by atoms with Crippen molar-refractivity contribution < 1.29 is 4.79 Å². The minimum Gasteiger partial charge on any atom is -0.334 e. The van der Waals surface area contributed by atoms with Crippen LogP contribution >= 0.6 is 0 Å². The van der Waals surface area contributed by atoms with Crippen molar-refractivity contribution in [3.05, 3.63) is 23.8 Å². The van der Waals surface area contributed by atoms with E-state index in [1.807, 2.05) is 11.8 Å². The Morgan fingerprint density at radius 1 is 1.22 bits per heavy atom. The maximum atomic E-state index is 12.5. The highest BCUT2D eigenvalue weighted by molar-refractivity contribution is 5.92. The fourth-order valence-corrected chi connectivity index (χ4v) is 3.36. The maximum absolute atomic E-state index is 12.5. The molecule has 0 radical (unpaired) electrons. The first kappa shape index (κ1) is 11.6. The fraction of sp³-hybridized carbons (Fsp3) is 0.643. The second-order valence-electron chi connectivity index (χ2n) is 5.44. The van der Waals surface area contributed by atoms with Crippen LogP contribution < -0.4 is 0 Å². The Morgan fingerprint density at radius 2 is 2.06 bits per heavy atom. The van der Waals surface area contributed by atoms with Gasteiger partial charge in [0.15, 0.2) is 0 Å². The van der Waals surface area contributed by atoms with Gasteiger partial charge < -0.3 is 4.90 Å². The summed E-state index contributed by atoms with van der Waals surface area (Å²) in [5, 5.41) is 0. The van der Waals surface area contributed by atoms with Crippen LogP contribution in [0.4, 0.5) is 0 Å². The Hall–Kier alpha value is -1.45. The van der Waals surface area contributed by atoms with Gasteiger partial charge in [-0.1, -0.05) is 6.42 Å². The molecular formula is C14H19N3O. The lowest BCUT2D eigenvalue weighted by Gasteiger charge is -2.37. The number of nitrogens with zero attached hydrogens (tertiary/aromatic N) is 3. The minimum absolute atomic E-state index is 0.0686. The number of hydrogen-bond donors (Lipinski definition) is 0. The van der Waals surface area contributed by atoms with Gasteiger partial charge in [-0.25, -0.2) is 4.98 Å². The molecule has 2 fully saturated rings. The third-order valence-electron chi connectivity index (χ3n) is 4.25. The van der Waals surface area contributed by atoms with E-state index in [4.69, 9.17) is 0 Å². The van der Waals surface area contributed by atoms with E-state index in [1.165, 1.54) is 19.3 Å². The number of carbonyl (C=O) groups excluding carboxylic acids is 1. The number of aryl methyl sites for hydroxylation is 1. The van der Waals surface area contributed by atoms with Crippen LogP contribution in [0.25, 0.3) is 0 Å². The molecule has 2 aliphatic rings. The Bertz CT molecular complexity index is 443. The van der Waals surface area contributed by atoms with Gasteiger partial charge in [0.1, 0.15) is 5.69 Å². The molecule has 96 valence electrons. The van der Waals surface area contributed by atoms with Crippen molar-refractivity contribution in [1.82, 2.24) is 14.9 Å². The lowest BCUT2D eigenvalue weighted by atomic mass is 9.92. The summed E-state index contributed by atoms with van der Waals surface area (Å²) >= 11 is 0. The second-order valence-corrected chi connectivity index (χ2v) is 5.44. The van der Waals surface area contributed by atoms with Crippen LogP contribution in [0.5, 0.6) is 0 Å². The third kappa shape index (κ3) is 2.00. The molecule has 0 spiro atoms. The Labute approximate surface area is 107 Å². The molecule has 2 heterocycles. The monoisotopic (exact) mass is 245 g/mol. The molecule has 2 atom stereocenters. The topological polar surface area (TPSA) is 46.1 Å². The lowest BCUT2D eigenvalue weighted by Crippen LogP contribution is -2.46. The van der Waals surface area contributed by atoms with Crippen molar-refractivity contribution in [2.45, 2.75) is 45.1 Å². The predicted molar refractivity (Wildman–Crippen MR) is 68.2 cm³/mol. The van der Waals surface area contributed by atoms with Crippen LogP contribution in [0.2, 0.25) is 0 Å². The summed E-state index contributed by atoms with van der Waals surface area (Å²) in [5.41, 5.74) is 1.34. The zero-order valence-electron chi connectivity index (χ0n) is 10.8. The van der Waals surface area contributed by atoms with Crippen molar-refractivity contribution in [3.63, 3.8) is 0 Å². The molecule has 1 aromatic rings. The highest BCUT2D eigenvalue weighted by Gasteiger charge is 2.37. The van der Waals surface area contributed by atoms with E-state index in [2.05, 4.69) is 9.97 Å². The Morgan fingerprint density at radius 3 is 2.83 bits per heavy atom. The van der Waals surface area contributed by atoms with Crippen LogP contribution in [0.3, 0.4) is 0 Å². The summed E-state index contributed by atoms with van der Waals surface area (Å²) in [4.78, 5) is 22.9. The first-order valence-electron chi connectivity index (χ1n) is 6.85. The first-order valence-corrected chi connectivity index (χ1v) is 6.85. The van der Waals surface area contributed by atoms with Crippen LogP contribution in [0, 0.1) is 12.8 Å². The molecule has 1 aliphatic heterocycles. The second kappa shape index (κ2) is 4.67. The van der Waals surface area contributed by atoms with Crippen molar-refractivity contribution in [1.29, 1.82) is 0 Å². The first-order chi connectivity index (χ1) is 8.75.